The highest BCUT2D eigenvalue weighted by molar-refractivity contribution is 5.65. The molecule has 1 aliphatic carbocycles. The van der Waals surface area contributed by atoms with Crippen LogP contribution in [0.15, 0.2) is 24.3 Å². The van der Waals surface area contributed by atoms with Crippen LogP contribution in [0, 0.1) is 17.7 Å². The molecule has 20 heavy (non-hydrogen) atoms. The molecule has 2 fully saturated rings. The molecule has 1 saturated carbocycles. The minimum atomic E-state index is -0.897. The van der Waals surface area contributed by atoms with Gasteiger partial charge in [-0.15, -0.1) is 0 Å². The van der Waals surface area contributed by atoms with Gasteiger partial charge >= 0.3 is 6.09 Å². The minimum Gasteiger partial charge on any atom is -0.465 e. The summed E-state index contributed by atoms with van der Waals surface area (Å²) in [5.41, 5.74) is 0.904. The van der Waals surface area contributed by atoms with Gasteiger partial charge in [0.05, 0.1) is 6.10 Å². The van der Waals surface area contributed by atoms with Crippen molar-refractivity contribution in [1.82, 2.24) is 4.90 Å². The Hall–Kier alpha value is -1.62. The standard InChI is InChI=1S/C15H18FNO3/c16-11-4-1-9(2-5-11)14-12-8-17(15(19)20)7-10(12)3-6-13(14)18/h1-2,4-5,10,12-14,18H,3,6-8H2,(H,19,20)/t10-,12+,13+,14-/m0/s1. The van der Waals surface area contributed by atoms with Crippen LogP contribution in [0.5, 0.6) is 0 Å². The number of nitrogens with zero attached hydrogens (tertiary/aromatic N) is 1. The van der Waals surface area contributed by atoms with Gasteiger partial charge in [0.2, 0.25) is 0 Å². The van der Waals surface area contributed by atoms with Gasteiger partial charge < -0.3 is 15.1 Å². The Morgan fingerprint density at radius 3 is 2.55 bits per heavy atom. The van der Waals surface area contributed by atoms with Gasteiger partial charge in [0.1, 0.15) is 5.82 Å². The zero-order chi connectivity index (χ0) is 14.3. The summed E-state index contributed by atoms with van der Waals surface area (Å²) in [6.07, 6.45) is 0.159. The minimum absolute atomic E-state index is 0.0984. The predicted octanol–water partition coefficient (Wildman–Crippen LogP) is 2.29. The van der Waals surface area contributed by atoms with Crippen LogP contribution < -0.4 is 0 Å². The number of halogens is 1. The van der Waals surface area contributed by atoms with E-state index in [-0.39, 0.29) is 17.7 Å². The van der Waals surface area contributed by atoms with Crippen LogP contribution in [0.1, 0.15) is 24.3 Å². The van der Waals surface area contributed by atoms with E-state index in [4.69, 9.17) is 5.11 Å². The summed E-state index contributed by atoms with van der Waals surface area (Å²) in [7, 11) is 0. The first-order valence-electron chi connectivity index (χ1n) is 6.97. The Bertz CT molecular complexity index is 504. The van der Waals surface area contributed by atoms with Gasteiger partial charge in [-0.1, -0.05) is 12.1 Å². The fraction of sp³-hybridized carbons (Fsp3) is 0.533. The lowest BCUT2D eigenvalue weighted by atomic mass is 9.69. The molecule has 2 aliphatic rings. The lowest BCUT2D eigenvalue weighted by Crippen LogP contribution is -2.35. The second kappa shape index (κ2) is 5.05. The maximum Gasteiger partial charge on any atom is 0.407 e. The van der Waals surface area contributed by atoms with Gasteiger partial charge in [-0.25, -0.2) is 9.18 Å². The lowest BCUT2D eigenvalue weighted by Gasteiger charge is -2.37. The third kappa shape index (κ3) is 2.26. The number of benzene rings is 1. The largest absolute Gasteiger partial charge is 0.465 e. The molecule has 0 unspecified atom stereocenters. The molecule has 0 radical (unpaired) electrons. The molecule has 3 rings (SSSR count). The molecule has 1 aliphatic heterocycles. The van der Waals surface area contributed by atoms with Crippen LogP contribution in [-0.4, -0.2) is 40.4 Å². The molecule has 0 aromatic heterocycles. The second-order valence-corrected chi connectivity index (χ2v) is 5.83. The number of likely N-dealkylation sites (tertiary alicyclic amines) is 1. The Balaban J connectivity index is 1.88. The molecule has 0 spiro atoms. The summed E-state index contributed by atoms with van der Waals surface area (Å²) < 4.78 is 13.0. The Kier molecular flexibility index (Phi) is 3.38. The number of carbonyl (C=O) groups is 1. The van der Waals surface area contributed by atoms with Crippen LogP contribution in [0.2, 0.25) is 0 Å². The van der Waals surface area contributed by atoms with Crippen LogP contribution in [0.4, 0.5) is 9.18 Å². The van der Waals surface area contributed by atoms with Gasteiger partial charge in [0.15, 0.2) is 0 Å². The van der Waals surface area contributed by atoms with E-state index in [9.17, 15) is 14.3 Å². The number of aliphatic hydroxyl groups excluding tert-OH is 1. The molecule has 1 amide bonds. The summed E-state index contributed by atoms with van der Waals surface area (Å²) >= 11 is 0. The fourth-order valence-electron chi connectivity index (χ4n) is 3.77. The smallest absolute Gasteiger partial charge is 0.407 e. The van der Waals surface area contributed by atoms with E-state index in [1.54, 1.807) is 12.1 Å². The highest BCUT2D eigenvalue weighted by atomic mass is 19.1. The fourth-order valence-corrected chi connectivity index (χ4v) is 3.77. The van der Waals surface area contributed by atoms with Crippen LogP contribution in [-0.2, 0) is 0 Å². The van der Waals surface area contributed by atoms with E-state index in [1.807, 2.05) is 0 Å². The van der Waals surface area contributed by atoms with Crippen molar-refractivity contribution in [3.8, 4) is 0 Å². The summed E-state index contributed by atoms with van der Waals surface area (Å²) in [5, 5.41) is 19.4. The first kappa shape index (κ1) is 13.4. The summed E-state index contributed by atoms with van der Waals surface area (Å²) in [5.74, 6) is 0.0257. The average Bonchev–Trinajstić information content (AvgIpc) is 2.84. The first-order valence-corrected chi connectivity index (χ1v) is 6.97. The lowest BCUT2D eigenvalue weighted by molar-refractivity contribution is 0.0590. The third-order valence-electron chi connectivity index (χ3n) is 4.73. The maximum absolute atomic E-state index is 13.0. The van der Waals surface area contributed by atoms with Gasteiger partial charge in [-0.3, -0.25) is 0 Å². The van der Waals surface area contributed by atoms with E-state index in [1.165, 1.54) is 17.0 Å². The molecular formula is C15H18FNO3. The number of hydrogen-bond donors (Lipinski definition) is 2. The average molecular weight is 279 g/mol. The predicted molar refractivity (Wildman–Crippen MR) is 71.0 cm³/mol. The van der Waals surface area contributed by atoms with Crippen molar-refractivity contribution in [2.24, 2.45) is 11.8 Å². The van der Waals surface area contributed by atoms with Crippen LogP contribution >= 0.6 is 0 Å². The highest BCUT2D eigenvalue weighted by Crippen LogP contribution is 2.45. The molecule has 0 bridgehead atoms. The molecule has 4 atom stereocenters. The van der Waals surface area contributed by atoms with Gasteiger partial charge in [0, 0.05) is 19.0 Å². The molecule has 1 aromatic rings. The van der Waals surface area contributed by atoms with E-state index >= 15 is 0 Å². The van der Waals surface area contributed by atoms with Crippen LogP contribution in [0.3, 0.4) is 0 Å². The molecular weight excluding hydrogens is 261 g/mol. The van der Waals surface area contributed by atoms with E-state index in [2.05, 4.69) is 0 Å². The monoisotopic (exact) mass is 279 g/mol. The number of fused-ring (bicyclic) bond motifs is 1. The van der Waals surface area contributed by atoms with E-state index in [0.29, 0.717) is 25.4 Å². The molecule has 4 nitrogen and oxygen atoms in total. The second-order valence-electron chi connectivity index (χ2n) is 5.83. The van der Waals surface area contributed by atoms with Crippen molar-refractivity contribution in [2.75, 3.05) is 13.1 Å². The van der Waals surface area contributed by atoms with Crippen molar-refractivity contribution in [2.45, 2.75) is 24.9 Å². The molecule has 1 aromatic carbocycles. The number of carboxylic acid groups (broad SMARTS) is 1. The van der Waals surface area contributed by atoms with Gasteiger partial charge in [-0.05, 0) is 42.4 Å². The van der Waals surface area contributed by atoms with Crippen LogP contribution in [0.25, 0.3) is 0 Å². The van der Waals surface area contributed by atoms with Crippen molar-refractivity contribution in [3.05, 3.63) is 35.6 Å². The third-order valence-corrected chi connectivity index (χ3v) is 4.73. The van der Waals surface area contributed by atoms with Crippen molar-refractivity contribution in [3.63, 3.8) is 0 Å². The van der Waals surface area contributed by atoms with E-state index in [0.717, 1.165) is 12.0 Å². The SMILES string of the molecule is O=C(O)N1C[C@@H]2CC[C@@H](O)[C@@H](c3ccc(F)cc3)[C@@H]2C1. The number of rotatable bonds is 1. The van der Waals surface area contributed by atoms with Gasteiger partial charge in [-0.2, -0.15) is 0 Å². The Morgan fingerprint density at radius 1 is 1.20 bits per heavy atom. The molecule has 5 heteroatoms. The Labute approximate surface area is 116 Å². The summed E-state index contributed by atoms with van der Waals surface area (Å²) in [6.45, 7) is 1.00. The van der Waals surface area contributed by atoms with E-state index < -0.39 is 12.2 Å². The topological polar surface area (TPSA) is 60.8 Å². The number of hydrogen-bond acceptors (Lipinski definition) is 2. The molecule has 2 N–H and O–H groups in total. The normalized spacial score (nSPS) is 33.0. The zero-order valence-electron chi connectivity index (χ0n) is 11.1. The van der Waals surface area contributed by atoms with Crippen molar-refractivity contribution < 1.29 is 19.4 Å². The molecule has 1 saturated heterocycles. The van der Waals surface area contributed by atoms with Crippen molar-refractivity contribution in [1.29, 1.82) is 0 Å². The number of aliphatic hydroxyl groups is 1. The molecule has 108 valence electrons. The first-order chi connectivity index (χ1) is 9.56. The zero-order valence-corrected chi connectivity index (χ0v) is 11.1. The molecule has 1 heterocycles. The van der Waals surface area contributed by atoms with Gasteiger partial charge in [0.25, 0.3) is 0 Å². The maximum atomic E-state index is 13.0. The number of amides is 1. The quantitative estimate of drug-likeness (QED) is 0.829. The summed E-state index contributed by atoms with van der Waals surface area (Å²) in [6, 6.07) is 6.20. The Morgan fingerprint density at radius 2 is 1.90 bits per heavy atom. The highest BCUT2D eigenvalue weighted by Gasteiger charge is 2.45. The van der Waals surface area contributed by atoms with Crippen molar-refractivity contribution >= 4 is 6.09 Å². The summed E-state index contributed by atoms with van der Waals surface area (Å²) in [4.78, 5) is 12.6.